The highest BCUT2D eigenvalue weighted by molar-refractivity contribution is 7.00. The van der Waals surface area contributed by atoms with Gasteiger partial charge in [0.15, 0.2) is 0 Å². The maximum absolute atomic E-state index is 2.74. The third-order valence-electron chi connectivity index (χ3n) is 27.0. The lowest BCUT2D eigenvalue weighted by Gasteiger charge is -2.46. The molecule has 3 heterocycles. The molecule has 2 unspecified atom stereocenters. The molecule has 2 atom stereocenters. The molecule has 127 heavy (non-hydrogen) atoms. The highest BCUT2D eigenvalue weighted by Crippen LogP contribution is 2.59. The normalized spacial score (nSPS) is 15.1. The fourth-order valence-corrected chi connectivity index (χ4v) is 21.0. The van der Waals surface area contributed by atoms with Crippen molar-refractivity contribution in [3.8, 4) is 94.7 Å². The monoisotopic (exact) mass is 1620 g/mol. The van der Waals surface area contributed by atoms with Crippen molar-refractivity contribution in [2.75, 3.05) is 14.7 Å². The summed E-state index contributed by atoms with van der Waals surface area (Å²) in [6, 6.07) is 155. The Morgan fingerprint density at radius 1 is 0.268 bits per heavy atom. The molecule has 0 spiro atoms. The van der Waals surface area contributed by atoms with Crippen LogP contribution in [0.3, 0.4) is 0 Å². The molecule has 598 valence electrons. The number of aromatic nitrogens is 1. The number of fused-ring (bicyclic) bond motifs is 7. The summed E-state index contributed by atoms with van der Waals surface area (Å²) in [4.78, 5) is 8.00. The molecule has 0 saturated heterocycles. The third kappa shape index (κ3) is 12.9. The van der Waals surface area contributed by atoms with Crippen LogP contribution in [0.4, 0.5) is 51.2 Å². The number of allylic oxidation sites excluding steroid dienone is 14. The molecule has 0 amide bonds. The van der Waals surface area contributed by atoms with Crippen LogP contribution < -0.4 is 31.1 Å². The fraction of sp³-hybridized carbons (Fsp3) is 0.0492. The van der Waals surface area contributed by atoms with Crippen LogP contribution in [0.15, 0.2) is 489 Å². The standard InChI is InChI=1S/C122H87BN4/c1-122(2,3)98-70-93-54-52-91-68-95(69-92-53-55-94(71-98)118(93)117(91)92)90-60-66-109-113(76-90)126(120-105(86-40-20-8-21-41-86)72-96(82-36-16-6-17-37-82)73-106(120)87-42-22-9-23-43-87)115-78-102(124(99-61-56-84(57-62-99)80-32-12-4-13-33-80)100-63-58-85(59-64-100)81-34-14-5-15-35-81)79-116-119(115)123(109)110-67-65-101(125-111-50-30-28-48-103(111)104-49-29-31-51-112(104)125)77-114(110)127(116)121-107(88-44-24-10-25-45-88)74-97(83-38-18-7-19-39-83)75-108(121)89-46-26-11-27-47-89/h4-79,117-118H,1-3H3. The number of para-hydroxylation sites is 2. The van der Waals surface area contributed by atoms with Gasteiger partial charge in [0.1, 0.15) is 0 Å². The molecule has 2 aliphatic heterocycles. The van der Waals surface area contributed by atoms with E-state index in [0.717, 1.165) is 162 Å². The molecule has 6 aliphatic rings. The molecule has 17 aromatic carbocycles. The second-order valence-electron chi connectivity index (χ2n) is 35.4. The Kier molecular flexibility index (Phi) is 18.1. The van der Waals surface area contributed by atoms with E-state index in [1.807, 2.05) is 0 Å². The van der Waals surface area contributed by atoms with E-state index in [2.05, 4.69) is 501 Å². The van der Waals surface area contributed by atoms with E-state index >= 15 is 0 Å². The Morgan fingerprint density at radius 3 is 1.03 bits per heavy atom. The molecule has 0 fully saturated rings. The number of benzene rings is 17. The van der Waals surface area contributed by atoms with Crippen LogP contribution in [0.1, 0.15) is 26.3 Å². The van der Waals surface area contributed by atoms with E-state index in [1.165, 1.54) is 60.6 Å². The van der Waals surface area contributed by atoms with E-state index in [4.69, 9.17) is 0 Å². The van der Waals surface area contributed by atoms with E-state index in [1.54, 1.807) is 0 Å². The zero-order valence-electron chi connectivity index (χ0n) is 70.9. The van der Waals surface area contributed by atoms with Crippen LogP contribution in [0.25, 0.3) is 122 Å². The van der Waals surface area contributed by atoms with Crippen LogP contribution in [0, 0.1) is 17.3 Å². The molecule has 4 nitrogen and oxygen atoms in total. The summed E-state index contributed by atoms with van der Waals surface area (Å²) in [5, 5.41) is 2.41. The van der Waals surface area contributed by atoms with E-state index < -0.39 is 0 Å². The summed E-state index contributed by atoms with van der Waals surface area (Å²) in [5.41, 5.74) is 43.3. The second-order valence-corrected chi connectivity index (χ2v) is 35.4. The van der Waals surface area contributed by atoms with Crippen molar-refractivity contribution in [3.05, 3.63) is 495 Å². The van der Waals surface area contributed by atoms with Crippen molar-refractivity contribution in [1.82, 2.24) is 4.57 Å². The number of anilines is 9. The van der Waals surface area contributed by atoms with Gasteiger partial charge in [0.25, 0.3) is 6.71 Å². The highest BCUT2D eigenvalue weighted by atomic mass is 15.2. The van der Waals surface area contributed by atoms with Gasteiger partial charge in [0, 0.05) is 84.7 Å². The second kappa shape index (κ2) is 30.6. The maximum atomic E-state index is 2.74. The van der Waals surface area contributed by atoms with E-state index in [-0.39, 0.29) is 24.0 Å². The van der Waals surface area contributed by atoms with Crippen LogP contribution in [0.5, 0.6) is 0 Å². The first-order valence-corrected chi connectivity index (χ1v) is 44.4. The lowest BCUT2D eigenvalue weighted by Crippen LogP contribution is -2.61. The third-order valence-corrected chi connectivity index (χ3v) is 27.0. The molecular formula is C122H87BN4. The summed E-state index contributed by atoms with van der Waals surface area (Å²) >= 11 is 0. The van der Waals surface area contributed by atoms with Gasteiger partial charge in [0.05, 0.1) is 28.1 Å². The van der Waals surface area contributed by atoms with Gasteiger partial charge in [-0.25, -0.2) is 0 Å². The Morgan fingerprint density at radius 2 is 0.614 bits per heavy atom. The van der Waals surface area contributed by atoms with Crippen molar-refractivity contribution < 1.29 is 0 Å². The minimum absolute atomic E-state index is 0.00991. The first-order valence-electron chi connectivity index (χ1n) is 44.4. The average Bonchev–Trinajstić information content (AvgIpc) is 0.830. The molecule has 0 bridgehead atoms. The average molecular weight is 1620 g/mol. The largest absolute Gasteiger partial charge is 0.310 e. The van der Waals surface area contributed by atoms with Crippen molar-refractivity contribution in [3.63, 3.8) is 0 Å². The van der Waals surface area contributed by atoms with Gasteiger partial charge in [-0.05, 0) is 219 Å². The Balaban J connectivity index is 0.868. The summed E-state index contributed by atoms with van der Waals surface area (Å²) in [6.45, 7) is 6.65. The highest BCUT2D eigenvalue weighted by Gasteiger charge is 2.47. The van der Waals surface area contributed by atoms with Crippen molar-refractivity contribution in [2.24, 2.45) is 17.3 Å². The van der Waals surface area contributed by atoms with Crippen molar-refractivity contribution in [2.45, 2.75) is 20.8 Å². The van der Waals surface area contributed by atoms with Crippen LogP contribution >= 0.6 is 0 Å². The van der Waals surface area contributed by atoms with Crippen LogP contribution in [0.2, 0.25) is 0 Å². The van der Waals surface area contributed by atoms with Crippen molar-refractivity contribution >= 4 is 102 Å². The van der Waals surface area contributed by atoms with Gasteiger partial charge in [-0.15, -0.1) is 0 Å². The van der Waals surface area contributed by atoms with Gasteiger partial charge in [-0.2, -0.15) is 0 Å². The first-order chi connectivity index (χ1) is 62.6. The Labute approximate surface area is 743 Å². The van der Waals surface area contributed by atoms with E-state index in [9.17, 15) is 0 Å². The summed E-state index contributed by atoms with van der Waals surface area (Å²) in [6.07, 6.45) is 19.7. The van der Waals surface area contributed by atoms with Gasteiger partial charge < -0.3 is 19.3 Å². The summed E-state index contributed by atoms with van der Waals surface area (Å²) < 4.78 is 2.51. The number of rotatable bonds is 15. The number of hydrogen-bond donors (Lipinski definition) is 0. The summed E-state index contributed by atoms with van der Waals surface area (Å²) in [5.74, 6) is 0.436. The van der Waals surface area contributed by atoms with Gasteiger partial charge in [-0.3, -0.25) is 0 Å². The van der Waals surface area contributed by atoms with Gasteiger partial charge in [0.2, 0.25) is 0 Å². The van der Waals surface area contributed by atoms with Crippen molar-refractivity contribution in [1.29, 1.82) is 0 Å². The molecule has 1 aromatic heterocycles. The predicted molar refractivity (Wildman–Crippen MR) is 537 cm³/mol. The smallest absolute Gasteiger partial charge is 0.252 e. The molecule has 0 N–H and O–H groups in total. The predicted octanol–water partition coefficient (Wildman–Crippen LogP) is 30.6. The van der Waals surface area contributed by atoms with E-state index in [0.29, 0.717) is 0 Å². The Hall–Kier alpha value is -15.8. The summed E-state index contributed by atoms with van der Waals surface area (Å²) in [7, 11) is 0. The minimum Gasteiger partial charge on any atom is -0.310 e. The van der Waals surface area contributed by atoms with Crippen LogP contribution in [-0.2, 0) is 0 Å². The molecular weight excluding hydrogens is 1530 g/mol. The maximum Gasteiger partial charge on any atom is 0.252 e. The SMILES string of the molecule is CC(C)(C)C1=CC2=CC=C3C=C(c4ccc5c(c4)N(c4c(-c6ccccc6)cc(-c6ccccc6)cc4-c4ccccc4)c4cc(N(c6ccc(-c7ccccc7)cc6)c6ccc(-c7ccccc7)cc6)cc6c4B5c4ccc(-n5c7ccccc7c7ccccc75)cc4N6c4c(-c5ccccc5)cc(-c5ccccc5)cc4-c4ccccc4)C=C4C=CC(=C1)C2C34. The molecule has 18 aromatic rings. The lowest BCUT2D eigenvalue weighted by molar-refractivity contribution is 0.500. The zero-order chi connectivity index (χ0) is 84.4. The lowest BCUT2D eigenvalue weighted by atomic mass is 9.33. The number of hydrogen-bond acceptors (Lipinski definition) is 3. The minimum atomic E-state index is -0.356. The fourth-order valence-electron chi connectivity index (χ4n) is 21.0. The van der Waals surface area contributed by atoms with Gasteiger partial charge >= 0.3 is 0 Å². The first kappa shape index (κ1) is 75.0. The van der Waals surface area contributed by atoms with Crippen LogP contribution in [-0.4, -0.2) is 11.3 Å². The molecule has 0 radical (unpaired) electrons. The quantitative estimate of drug-likeness (QED) is 0.0951. The number of nitrogens with zero attached hydrogens (tertiary/aromatic N) is 4. The Bertz CT molecular complexity index is 7410. The molecule has 4 aliphatic carbocycles. The molecule has 0 saturated carbocycles. The molecule has 24 rings (SSSR count). The molecule has 5 heteroatoms. The van der Waals surface area contributed by atoms with Gasteiger partial charge in [-0.1, -0.05) is 391 Å². The topological polar surface area (TPSA) is 14.7 Å². The zero-order valence-corrected chi connectivity index (χ0v) is 70.9.